The lowest BCUT2D eigenvalue weighted by atomic mass is 9.92. The van der Waals surface area contributed by atoms with E-state index in [0.29, 0.717) is 12.2 Å². The van der Waals surface area contributed by atoms with E-state index in [1.54, 1.807) is 6.07 Å². The van der Waals surface area contributed by atoms with Crippen molar-refractivity contribution in [3.05, 3.63) is 70.8 Å². The molecule has 146 valence electrons. The number of ether oxygens (including phenoxy) is 2. The van der Waals surface area contributed by atoms with Gasteiger partial charge in [0, 0.05) is 36.7 Å². The topological polar surface area (TPSA) is 38.8 Å². The zero-order chi connectivity index (χ0) is 19.3. The molecule has 0 N–H and O–H groups in total. The zero-order valence-electron chi connectivity index (χ0n) is 16.1. The molecule has 2 aliphatic heterocycles. The van der Waals surface area contributed by atoms with Gasteiger partial charge in [-0.1, -0.05) is 30.3 Å². The number of nitrogens with zero attached hydrogens (tertiary/aromatic N) is 1. The van der Waals surface area contributed by atoms with Crippen LogP contribution in [0.1, 0.15) is 33.5 Å². The van der Waals surface area contributed by atoms with Crippen LogP contribution in [0.3, 0.4) is 0 Å². The first-order valence-electron chi connectivity index (χ1n) is 9.70. The molecule has 1 saturated heterocycles. The number of carbonyl (C=O) groups excluding carboxylic acids is 1. The smallest absolute Gasteiger partial charge is 0.337 e. The van der Waals surface area contributed by atoms with E-state index in [1.165, 1.54) is 29.7 Å². The summed E-state index contributed by atoms with van der Waals surface area (Å²) in [6.07, 6.45) is 3.27. The first-order valence-corrected chi connectivity index (χ1v) is 10.9. The van der Waals surface area contributed by atoms with Gasteiger partial charge in [0.25, 0.3) is 0 Å². The quantitative estimate of drug-likeness (QED) is 0.724. The minimum atomic E-state index is -0.328. The third kappa shape index (κ3) is 4.10. The Morgan fingerprint density at radius 3 is 2.82 bits per heavy atom. The highest BCUT2D eigenvalue weighted by atomic mass is 32.2. The zero-order valence-corrected chi connectivity index (χ0v) is 17.0. The van der Waals surface area contributed by atoms with Crippen molar-refractivity contribution in [2.75, 3.05) is 38.2 Å². The SMILES string of the molecule is COC(=O)c1ccc2c(c1)/C(=C/CCN1CCSCC1)c1ccccc1CO2. The molecule has 2 aliphatic rings. The Bertz CT molecular complexity index is 887. The van der Waals surface area contributed by atoms with Crippen LogP contribution < -0.4 is 4.74 Å². The molecule has 1 fully saturated rings. The molecule has 4 nitrogen and oxygen atoms in total. The summed E-state index contributed by atoms with van der Waals surface area (Å²) >= 11 is 2.03. The molecular formula is C23H25NO3S. The normalized spacial score (nSPS) is 18.0. The summed E-state index contributed by atoms with van der Waals surface area (Å²) in [7, 11) is 1.41. The average molecular weight is 396 g/mol. The molecule has 5 heteroatoms. The van der Waals surface area contributed by atoms with Crippen molar-refractivity contribution in [2.45, 2.75) is 13.0 Å². The van der Waals surface area contributed by atoms with Gasteiger partial charge in [-0.05, 0) is 41.3 Å². The van der Waals surface area contributed by atoms with Crippen molar-refractivity contribution in [1.29, 1.82) is 0 Å². The lowest BCUT2D eigenvalue weighted by Crippen LogP contribution is -2.33. The van der Waals surface area contributed by atoms with E-state index < -0.39 is 0 Å². The Morgan fingerprint density at radius 2 is 2.00 bits per heavy atom. The van der Waals surface area contributed by atoms with E-state index >= 15 is 0 Å². The lowest BCUT2D eigenvalue weighted by Gasteiger charge is -2.25. The van der Waals surface area contributed by atoms with Crippen molar-refractivity contribution < 1.29 is 14.3 Å². The van der Waals surface area contributed by atoms with Gasteiger partial charge in [0.2, 0.25) is 0 Å². The van der Waals surface area contributed by atoms with Gasteiger partial charge in [0.1, 0.15) is 12.4 Å². The van der Waals surface area contributed by atoms with Crippen LogP contribution in [-0.2, 0) is 11.3 Å². The Morgan fingerprint density at radius 1 is 1.18 bits per heavy atom. The summed E-state index contributed by atoms with van der Waals surface area (Å²) in [5.41, 5.74) is 4.99. The second kappa shape index (κ2) is 8.84. The van der Waals surface area contributed by atoms with Crippen LogP contribution in [0.25, 0.3) is 5.57 Å². The Hall–Kier alpha value is -2.24. The molecule has 0 unspecified atom stereocenters. The van der Waals surface area contributed by atoms with E-state index in [1.807, 2.05) is 30.0 Å². The third-order valence-electron chi connectivity index (χ3n) is 5.28. The molecule has 0 saturated carbocycles. The molecular weight excluding hydrogens is 370 g/mol. The summed E-state index contributed by atoms with van der Waals surface area (Å²) in [5.74, 6) is 2.92. The largest absolute Gasteiger partial charge is 0.488 e. The highest BCUT2D eigenvalue weighted by Crippen LogP contribution is 2.37. The van der Waals surface area contributed by atoms with E-state index in [2.05, 4.69) is 29.2 Å². The average Bonchev–Trinajstić information content (AvgIpc) is 2.91. The number of methoxy groups -OCH3 is 1. The van der Waals surface area contributed by atoms with Crippen LogP contribution in [0.4, 0.5) is 0 Å². The Labute approximate surface area is 170 Å². The molecule has 0 bridgehead atoms. The summed E-state index contributed by atoms with van der Waals surface area (Å²) < 4.78 is 11.0. The number of benzene rings is 2. The van der Waals surface area contributed by atoms with E-state index in [4.69, 9.17) is 9.47 Å². The van der Waals surface area contributed by atoms with Gasteiger partial charge >= 0.3 is 5.97 Å². The third-order valence-corrected chi connectivity index (χ3v) is 6.22. The summed E-state index contributed by atoms with van der Waals surface area (Å²) in [6.45, 7) is 3.91. The van der Waals surface area contributed by atoms with Gasteiger partial charge in [-0.2, -0.15) is 11.8 Å². The minimum absolute atomic E-state index is 0.328. The fourth-order valence-corrected chi connectivity index (χ4v) is 4.74. The molecule has 0 spiro atoms. The van der Waals surface area contributed by atoms with Gasteiger partial charge in [0.05, 0.1) is 12.7 Å². The van der Waals surface area contributed by atoms with Crippen LogP contribution >= 0.6 is 11.8 Å². The van der Waals surface area contributed by atoms with Crippen LogP contribution in [0, 0.1) is 0 Å². The number of thioether (sulfide) groups is 1. The minimum Gasteiger partial charge on any atom is -0.488 e. The van der Waals surface area contributed by atoms with E-state index in [9.17, 15) is 4.79 Å². The van der Waals surface area contributed by atoms with Gasteiger partial charge < -0.3 is 14.4 Å². The molecule has 2 heterocycles. The highest BCUT2D eigenvalue weighted by Gasteiger charge is 2.21. The molecule has 0 aliphatic carbocycles. The fourth-order valence-electron chi connectivity index (χ4n) is 3.76. The maximum atomic E-state index is 12.1. The number of esters is 1. The number of hydrogen-bond acceptors (Lipinski definition) is 5. The first-order chi connectivity index (χ1) is 13.8. The van der Waals surface area contributed by atoms with Gasteiger partial charge in [-0.15, -0.1) is 0 Å². The maximum Gasteiger partial charge on any atom is 0.337 e. The molecule has 0 amide bonds. The number of fused-ring (bicyclic) bond motifs is 2. The molecule has 2 aromatic rings. The summed E-state index contributed by atoms with van der Waals surface area (Å²) in [6, 6.07) is 13.9. The van der Waals surface area contributed by atoms with Crippen LogP contribution in [0.15, 0.2) is 48.5 Å². The predicted molar refractivity (Wildman–Crippen MR) is 114 cm³/mol. The van der Waals surface area contributed by atoms with Crippen molar-refractivity contribution in [1.82, 2.24) is 4.90 Å². The first kappa shape index (κ1) is 19.1. The van der Waals surface area contributed by atoms with Crippen LogP contribution in [-0.4, -0.2) is 49.1 Å². The molecule has 0 radical (unpaired) electrons. The number of rotatable bonds is 4. The van der Waals surface area contributed by atoms with Gasteiger partial charge in [-0.3, -0.25) is 0 Å². The van der Waals surface area contributed by atoms with Gasteiger partial charge in [0.15, 0.2) is 0 Å². The van der Waals surface area contributed by atoms with E-state index in [0.717, 1.165) is 42.9 Å². The van der Waals surface area contributed by atoms with Crippen molar-refractivity contribution in [2.24, 2.45) is 0 Å². The molecule has 28 heavy (non-hydrogen) atoms. The highest BCUT2D eigenvalue weighted by molar-refractivity contribution is 7.99. The van der Waals surface area contributed by atoms with Crippen molar-refractivity contribution in [3.8, 4) is 5.75 Å². The second-order valence-corrected chi connectivity index (χ2v) is 8.23. The number of hydrogen-bond donors (Lipinski definition) is 0. The van der Waals surface area contributed by atoms with E-state index in [-0.39, 0.29) is 5.97 Å². The summed E-state index contributed by atoms with van der Waals surface area (Å²) in [5, 5.41) is 0. The molecule has 4 rings (SSSR count). The monoisotopic (exact) mass is 395 g/mol. The standard InChI is InChI=1S/C23H25NO3S/c1-26-23(25)17-8-9-22-21(15-17)20(7-4-10-24-11-13-28-14-12-24)19-6-3-2-5-18(19)16-27-22/h2-3,5-9,15H,4,10-14,16H2,1H3/b20-7+. The van der Waals surface area contributed by atoms with Crippen LogP contribution in [0.5, 0.6) is 5.75 Å². The predicted octanol–water partition coefficient (Wildman–Crippen LogP) is 4.24. The van der Waals surface area contributed by atoms with Gasteiger partial charge in [-0.25, -0.2) is 4.79 Å². The second-order valence-electron chi connectivity index (χ2n) is 7.01. The maximum absolute atomic E-state index is 12.1. The molecule has 0 aromatic heterocycles. The fraction of sp³-hybridized carbons (Fsp3) is 0.348. The lowest BCUT2D eigenvalue weighted by molar-refractivity contribution is 0.0600. The van der Waals surface area contributed by atoms with Crippen molar-refractivity contribution in [3.63, 3.8) is 0 Å². The van der Waals surface area contributed by atoms with Crippen molar-refractivity contribution >= 4 is 23.3 Å². The molecule has 0 atom stereocenters. The molecule has 2 aromatic carbocycles. The Balaban J connectivity index is 1.69. The Kier molecular flexibility index (Phi) is 6.03. The summed E-state index contributed by atoms with van der Waals surface area (Å²) in [4.78, 5) is 14.6. The number of carbonyl (C=O) groups is 1. The van der Waals surface area contributed by atoms with Crippen LogP contribution in [0.2, 0.25) is 0 Å².